The highest BCUT2D eigenvalue weighted by Gasteiger charge is 2.43. The third-order valence-electron chi connectivity index (χ3n) is 3.62. The van der Waals surface area contributed by atoms with Crippen molar-refractivity contribution >= 4 is 5.97 Å². The molecule has 0 bridgehead atoms. The maximum atomic E-state index is 13.3. The van der Waals surface area contributed by atoms with E-state index in [1.54, 1.807) is 0 Å². The van der Waals surface area contributed by atoms with E-state index in [0.717, 1.165) is 25.4 Å². The molecule has 1 atom stereocenters. The van der Waals surface area contributed by atoms with Crippen molar-refractivity contribution in [3.63, 3.8) is 0 Å². The summed E-state index contributed by atoms with van der Waals surface area (Å²) in [6.45, 7) is 1.43. The number of alkyl halides is 3. The number of esters is 1. The van der Waals surface area contributed by atoms with Gasteiger partial charge < -0.3 is 10.1 Å². The Morgan fingerprint density at radius 1 is 1.33 bits per heavy atom. The molecule has 0 radical (unpaired) electrons. The van der Waals surface area contributed by atoms with Gasteiger partial charge in [0.1, 0.15) is 5.92 Å². The molecular formula is C15H13F3N2O4. The number of ether oxygens (including phenoxy) is 1. The number of benzene rings is 1. The van der Waals surface area contributed by atoms with E-state index in [1.807, 2.05) is 0 Å². The fourth-order valence-corrected chi connectivity index (χ4v) is 2.57. The monoisotopic (exact) mass is 342 g/mol. The van der Waals surface area contributed by atoms with Crippen molar-refractivity contribution in [1.82, 2.24) is 5.32 Å². The number of dihydropyridines is 1. The first kappa shape index (κ1) is 17.5. The van der Waals surface area contributed by atoms with Gasteiger partial charge in [-0.05, 0) is 18.6 Å². The Kier molecular flexibility index (Phi) is 4.63. The van der Waals surface area contributed by atoms with Gasteiger partial charge in [0, 0.05) is 5.70 Å². The molecule has 24 heavy (non-hydrogen) atoms. The molecule has 1 unspecified atom stereocenters. The molecule has 0 saturated carbocycles. The molecule has 9 heteroatoms. The molecule has 0 aliphatic carbocycles. The zero-order chi connectivity index (χ0) is 18.1. The van der Waals surface area contributed by atoms with E-state index < -0.39 is 34.2 Å². The van der Waals surface area contributed by atoms with Crippen LogP contribution < -0.4 is 5.32 Å². The SMILES string of the molecule is COC(=O)C1=C(C)NC=C([N+](=O)[O-])C1c1ccccc1C(F)(F)F. The van der Waals surface area contributed by atoms with Gasteiger partial charge in [-0.1, -0.05) is 18.2 Å². The molecule has 0 spiro atoms. The average molecular weight is 342 g/mol. The molecule has 1 aliphatic rings. The maximum absolute atomic E-state index is 13.3. The Morgan fingerprint density at radius 3 is 2.50 bits per heavy atom. The van der Waals surface area contributed by atoms with Crippen LogP contribution in [0.25, 0.3) is 0 Å². The van der Waals surface area contributed by atoms with Crippen LogP contribution in [0.1, 0.15) is 24.0 Å². The Morgan fingerprint density at radius 2 is 1.96 bits per heavy atom. The van der Waals surface area contributed by atoms with E-state index in [1.165, 1.54) is 19.1 Å². The summed E-state index contributed by atoms with van der Waals surface area (Å²) in [5.41, 5.74) is -2.04. The summed E-state index contributed by atoms with van der Waals surface area (Å²) in [4.78, 5) is 22.5. The maximum Gasteiger partial charge on any atom is 0.416 e. The van der Waals surface area contributed by atoms with Gasteiger partial charge in [-0.15, -0.1) is 0 Å². The lowest BCUT2D eigenvalue weighted by Gasteiger charge is -2.25. The molecule has 1 aromatic carbocycles. The van der Waals surface area contributed by atoms with Crippen LogP contribution in [0.15, 0.2) is 47.4 Å². The van der Waals surface area contributed by atoms with Gasteiger partial charge in [-0.3, -0.25) is 10.1 Å². The number of nitrogens with one attached hydrogen (secondary N) is 1. The largest absolute Gasteiger partial charge is 0.466 e. The van der Waals surface area contributed by atoms with Gasteiger partial charge in [-0.2, -0.15) is 13.2 Å². The van der Waals surface area contributed by atoms with Crippen LogP contribution >= 0.6 is 0 Å². The minimum atomic E-state index is -4.72. The summed E-state index contributed by atoms with van der Waals surface area (Å²) in [7, 11) is 1.06. The summed E-state index contributed by atoms with van der Waals surface area (Å²) in [5.74, 6) is -2.43. The van der Waals surface area contributed by atoms with Crippen molar-refractivity contribution in [2.45, 2.75) is 19.0 Å². The standard InChI is InChI=1S/C15H13F3N2O4/c1-8-12(14(21)24-2)13(11(7-19-8)20(22)23)9-5-3-4-6-10(9)15(16,17)18/h3-7,13,19H,1-2H3. The molecule has 0 fully saturated rings. The van der Waals surface area contributed by atoms with Crippen molar-refractivity contribution < 1.29 is 27.6 Å². The lowest BCUT2D eigenvalue weighted by atomic mass is 9.83. The molecule has 1 N–H and O–H groups in total. The highest BCUT2D eigenvalue weighted by Crippen LogP contribution is 2.42. The summed E-state index contributed by atoms with van der Waals surface area (Å²) < 4.78 is 44.5. The average Bonchev–Trinajstić information content (AvgIpc) is 2.52. The lowest BCUT2D eigenvalue weighted by Crippen LogP contribution is -2.29. The van der Waals surface area contributed by atoms with E-state index in [0.29, 0.717) is 0 Å². The van der Waals surface area contributed by atoms with Gasteiger partial charge in [-0.25, -0.2) is 4.79 Å². The zero-order valence-electron chi connectivity index (χ0n) is 12.7. The molecule has 6 nitrogen and oxygen atoms in total. The molecule has 0 saturated heterocycles. The first-order valence-corrected chi connectivity index (χ1v) is 6.74. The number of hydrogen-bond acceptors (Lipinski definition) is 5. The summed E-state index contributed by atoms with van der Waals surface area (Å²) in [6, 6.07) is 4.44. The molecule has 1 aliphatic heterocycles. The van der Waals surface area contributed by atoms with Crippen molar-refractivity contribution in [2.75, 3.05) is 7.11 Å². The number of carbonyl (C=O) groups is 1. The van der Waals surface area contributed by atoms with E-state index in [9.17, 15) is 28.1 Å². The summed E-state index contributed by atoms with van der Waals surface area (Å²) in [6.07, 6.45) is -3.74. The highest BCUT2D eigenvalue weighted by molar-refractivity contribution is 5.92. The highest BCUT2D eigenvalue weighted by atomic mass is 19.4. The fourth-order valence-electron chi connectivity index (χ4n) is 2.57. The van der Waals surface area contributed by atoms with Crippen LogP contribution in [0.5, 0.6) is 0 Å². The number of methoxy groups -OCH3 is 1. The van der Waals surface area contributed by atoms with E-state index in [4.69, 9.17) is 0 Å². The number of nitro groups is 1. The lowest BCUT2D eigenvalue weighted by molar-refractivity contribution is -0.429. The van der Waals surface area contributed by atoms with Crippen molar-refractivity contribution in [2.24, 2.45) is 0 Å². The quantitative estimate of drug-likeness (QED) is 0.519. The van der Waals surface area contributed by atoms with Crippen LogP contribution in [-0.2, 0) is 15.7 Å². The number of allylic oxidation sites excluding steroid dienone is 2. The minimum absolute atomic E-state index is 0.189. The van der Waals surface area contributed by atoms with E-state index in [2.05, 4.69) is 10.1 Å². The predicted octanol–water partition coefficient (Wildman–Crippen LogP) is 2.96. The normalized spacial score (nSPS) is 17.9. The second kappa shape index (κ2) is 6.34. The number of rotatable bonds is 3. The first-order valence-electron chi connectivity index (χ1n) is 6.74. The molecule has 128 valence electrons. The third-order valence-corrected chi connectivity index (χ3v) is 3.62. The molecule has 2 rings (SSSR count). The van der Waals surface area contributed by atoms with Crippen LogP contribution in [0, 0.1) is 10.1 Å². The van der Waals surface area contributed by atoms with E-state index >= 15 is 0 Å². The van der Waals surface area contributed by atoms with Crippen molar-refractivity contribution in [3.05, 3.63) is 68.7 Å². The van der Waals surface area contributed by atoms with Gasteiger partial charge >= 0.3 is 12.1 Å². The van der Waals surface area contributed by atoms with Gasteiger partial charge in [0.25, 0.3) is 5.70 Å². The van der Waals surface area contributed by atoms with Crippen LogP contribution in [-0.4, -0.2) is 18.0 Å². The number of nitrogens with zero attached hydrogens (tertiary/aromatic N) is 1. The Bertz CT molecular complexity index is 753. The van der Waals surface area contributed by atoms with E-state index in [-0.39, 0.29) is 16.8 Å². The van der Waals surface area contributed by atoms with Crippen molar-refractivity contribution in [1.29, 1.82) is 0 Å². The topological polar surface area (TPSA) is 81.5 Å². The molecule has 1 aromatic rings. The van der Waals surface area contributed by atoms with Crippen LogP contribution in [0.4, 0.5) is 13.2 Å². The van der Waals surface area contributed by atoms with Gasteiger partial charge in [0.15, 0.2) is 0 Å². The fraction of sp³-hybridized carbons (Fsp3) is 0.267. The molecule has 1 heterocycles. The van der Waals surface area contributed by atoms with Gasteiger partial charge in [0.2, 0.25) is 0 Å². The smallest absolute Gasteiger partial charge is 0.416 e. The van der Waals surface area contributed by atoms with Gasteiger partial charge in [0.05, 0.1) is 29.4 Å². The molecule has 0 aromatic heterocycles. The first-order chi connectivity index (χ1) is 11.2. The Hall–Kier alpha value is -2.84. The summed E-state index contributed by atoms with van der Waals surface area (Å²) in [5, 5.41) is 13.8. The predicted molar refractivity (Wildman–Crippen MR) is 77.1 cm³/mol. The third kappa shape index (κ3) is 3.10. The zero-order valence-corrected chi connectivity index (χ0v) is 12.7. The summed E-state index contributed by atoms with van der Waals surface area (Å²) >= 11 is 0. The molecular weight excluding hydrogens is 329 g/mol. The second-order valence-electron chi connectivity index (χ2n) is 5.02. The Labute approximate surface area is 134 Å². The minimum Gasteiger partial charge on any atom is -0.466 e. The van der Waals surface area contributed by atoms with Crippen molar-refractivity contribution in [3.8, 4) is 0 Å². The van der Waals surface area contributed by atoms with Crippen LogP contribution in [0.3, 0.4) is 0 Å². The number of carbonyl (C=O) groups excluding carboxylic acids is 1. The number of hydrogen-bond donors (Lipinski definition) is 1. The Balaban J connectivity index is 2.74. The van der Waals surface area contributed by atoms with Crippen LogP contribution in [0.2, 0.25) is 0 Å². The second-order valence-corrected chi connectivity index (χ2v) is 5.02. The number of halogens is 3. The molecule has 0 amide bonds.